The van der Waals surface area contributed by atoms with Crippen LogP contribution in [0.15, 0.2) is 59.0 Å². The van der Waals surface area contributed by atoms with Crippen LogP contribution in [-0.4, -0.2) is 12.5 Å². The van der Waals surface area contributed by atoms with Crippen LogP contribution < -0.4 is 14.8 Å². The SMILES string of the molecule is CCCc1ccc(OCc2ccc(C(=O)Nc3ccc(OC(F)F)c(Cl)c3)o2)cc1. The Balaban J connectivity index is 1.56. The molecule has 0 aliphatic heterocycles. The zero-order valence-corrected chi connectivity index (χ0v) is 16.9. The van der Waals surface area contributed by atoms with Gasteiger partial charge in [-0.3, -0.25) is 4.79 Å². The second-order valence-electron chi connectivity index (χ2n) is 6.43. The van der Waals surface area contributed by atoms with E-state index in [2.05, 4.69) is 17.0 Å². The van der Waals surface area contributed by atoms with Gasteiger partial charge in [-0.15, -0.1) is 0 Å². The van der Waals surface area contributed by atoms with E-state index in [-0.39, 0.29) is 23.1 Å². The van der Waals surface area contributed by atoms with Gasteiger partial charge in [0.15, 0.2) is 5.76 Å². The van der Waals surface area contributed by atoms with Crippen LogP contribution >= 0.6 is 11.6 Å². The summed E-state index contributed by atoms with van der Waals surface area (Å²) in [6.07, 6.45) is 2.10. The molecule has 0 unspecified atom stereocenters. The van der Waals surface area contributed by atoms with Crippen LogP contribution in [0.4, 0.5) is 14.5 Å². The number of nitrogens with one attached hydrogen (secondary N) is 1. The van der Waals surface area contributed by atoms with Crippen LogP contribution in [0.2, 0.25) is 5.02 Å². The third-order valence-corrected chi connectivity index (χ3v) is 4.43. The minimum absolute atomic E-state index is 0.0495. The maximum Gasteiger partial charge on any atom is 0.387 e. The second-order valence-corrected chi connectivity index (χ2v) is 6.83. The van der Waals surface area contributed by atoms with Crippen LogP contribution in [-0.2, 0) is 13.0 Å². The Morgan fingerprint density at radius 1 is 1.13 bits per heavy atom. The highest BCUT2D eigenvalue weighted by Crippen LogP contribution is 2.29. The van der Waals surface area contributed by atoms with E-state index < -0.39 is 12.5 Å². The smallest absolute Gasteiger partial charge is 0.387 e. The van der Waals surface area contributed by atoms with Gasteiger partial charge in [0.2, 0.25) is 0 Å². The largest absolute Gasteiger partial charge is 0.486 e. The van der Waals surface area contributed by atoms with Crippen molar-refractivity contribution in [2.24, 2.45) is 0 Å². The van der Waals surface area contributed by atoms with Crippen LogP contribution in [0.25, 0.3) is 0 Å². The van der Waals surface area contributed by atoms with Crippen LogP contribution in [0.3, 0.4) is 0 Å². The number of benzene rings is 2. The number of furan rings is 1. The first-order chi connectivity index (χ1) is 14.4. The topological polar surface area (TPSA) is 60.7 Å². The molecule has 1 heterocycles. The molecule has 2 aromatic carbocycles. The van der Waals surface area contributed by atoms with Gasteiger partial charge < -0.3 is 19.2 Å². The van der Waals surface area contributed by atoms with E-state index in [4.69, 9.17) is 20.8 Å². The molecule has 1 aromatic heterocycles. The summed E-state index contributed by atoms with van der Waals surface area (Å²) < 4.78 is 40.0. The summed E-state index contributed by atoms with van der Waals surface area (Å²) in [6, 6.07) is 15.0. The van der Waals surface area contributed by atoms with Crippen molar-refractivity contribution in [3.05, 3.63) is 76.7 Å². The summed E-state index contributed by atoms with van der Waals surface area (Å²) in [4.78, 5) is 12.3. The maximum atomic E-state index is 12.3. The van der Waals surface area contributed by atoms with Gasteiger partial charge in [0.05, 0.1) is 5.02 Å². The number of aryl methyl sites for hydroxylation is 1. The Bertz CT molecular complexity index is 989. The van der Waals surface area contributed by atoms with Crippen molar-refractivity contribution >= 4 is 23.2 Å². The fraction of sp³-hybridized carbons (Fsp3) is 0.227. The van der Waals surface area contributed by atoms with Crippen LogP contribution in [0.5, 0.6) is 11.5 Å². The number of halogens is 3. The van der Waals surface area contributed by atoms with Gasteiger partial charge in [-0.05, 0) is 54.4 Å². The Hall–Kier alpha value is -3.06. The van der Waals surface area contributed by atoms with Gasteiger partial charge in [0.1, 0.15) is 23.9 Å². The van der Waals surface area contributed by atoms with Gasteiger partial charge >= 0.3 is 6.61 Å². The molecule has 0 bridgehead atoms. The number of ether oxygens (including phenoxy) is 2. The van der Waals surface area contributed by atoms with E-state index in [0.29, 0.717) is 17.2 Å². The van der Waals surface area contributed by atoms with Crippen molar-refractivity contribution in [1.29, 1.82) is 0 Å². The molecule has 0 saturated carbocycles. The fourth-order valence-electron chi connectivity index (χ4n) is 2.74. The normalized spacial score (nSPS) is 10.8. The molecule has 0 fully saturated rings. The molecule has 30 heavy (non-hydrogen) atoms. The number of hydrogen-bond acceptors (Lipinski definition) is 4. The highest BCUT2D eigenvalue weighted by atomic mass is 35.5. The number of amides is 1. The predicted octanol–water partition coefficient (Wildman–Crippen LogP) is 6.32. The van der Waals surface area contributed by atoms with E-state index in [1.807, 2.05) is 24.3 Å². The number of hydrogen-bond donors (Lipinski definition) is 1. The Morgan fingerprint density at radius 2 is 1.90 bits per heavy atom. The molecule has 0 spiro atoms. The average Bonchev–Trinajstić information content (AvgIpc) is 3.19. The molecule has 1 N–H and O–H groups in total. The standard InChI is InChI=1S/C22H20ClF2NO4/c1-2-3-14-4-7-16(8-5-14)28-13-17-9-11-20(29-17)21(27)26-15-6-10-19(18(23)12-15)30-22(24)25/h4-12,22H,2-3,13H2,1H3,(H,26,27). The second kappa shape index (κ2) is 10.1. The van der Waals surface area contributed by atoms with Crippen molar-refractivity contribution in [2.75, 3.05) is 5.32 Å². The molecule has 3 aromatic rings. The lowest BCUT2D eigenvalue weighted by Crippen LogP contribution is -2.11. The molecule has 0 aliphatic rings. The molecule has 0 atom stereocenters. The molecular formula is C22H20ClF2NO4. The Labute approximate surface area is 177 Å². The van der Waals surface area contributed by atoms with E-state index in [9.17, 15) is 13.6 Å². The number of anilines is 1. The molecule has 3 rings (SSSR count). The van der Waals surface area contributed by atoms with E-state index >= 15 is 0 Å². The molecule has 1 amide bonds. The van der Waals surface area contributed by atoms with E-state index in [1.165, 1.54) is 29.8 Å². The summed E-state index contributed by atoms with van der Waals surface area (Å²) >= 11 is 5.88. The van der Waals surface area contributed by atoms with Gasteiger partial charge in [-0.2, -0.15) is 8.78 Å². The molecule has 0 saturated heterocycles. The lowest BCUT2D eigenvalue weighted by Gasteiger charge is -2.09. The third kappa shape index (κ3) is 5.97. The van der Waals surface area contributed by atoms with Crippen molar-refractivity contribution in [3.8, 4) is 11.5 Å². The monoisotopic (exact) mass is 435 g/mol. The van der Waals surface area contributed by atoms with Crippen molar-refractivity contribution in [3.63, 3.8) is 0 Å². The molecule has 158 valence electrons. The average molecular weight is 436 g/mol. The van der Waals surface area contributed by atoms with Gasteiger partial charge in [-0.1, -0.05) is 37.1 Å². The fourth-order valence-corrected chi connectivity index (χ4v) is 2.96. The predicted molar refractivity (Wildman–Crippen MR) is 110 cm³/mol. The Kier molecular flexibility index (Phi) is 7.30. The summed E-state index contributed by atoms with van der Waals surface area (Å²) in [5.41, 5.74) is 1.56. The van der Waals surface area contributed by atoms with E-state index in [1.54, 1.807) is 6.07 Å². The highest BCUT2D eigenvalue weighted by Gasteiger charge is 2.14. The quantitative estimate of drug-likeness (QED) is 0.427. The van der Waals surface area contributed by atoms with Crippen molar-refractivity contribution in [2.45, 2.75) is 33.0 Å². The summed E-state index contributed by atoms with van der Waals surface area (Å²) in [6.45, 7) is -0.687. The first kappa shape index (κ1) is 21.6. The summed E-state index contributed by atoms with van der Waals surface area (Å²) in [5.74, 6) is 0.582. The zero-order valence-electron chi connectivity index (χ0n) is 16.2. The van der Waals surface area contributed by atoms with Crippen LogP contribution in [0.1, 0.15) is 35.2 Å². The third-order valence-electron chi connectivity index (χ3n) is 4.13. The highest BCUT2D eigenvalue weighted by molar-refractivity contribution is 6.32. The summed E-state index contributed by atoms with van der Waals surface area (Å²) in [5, 5.41) is 2.53. The first-order valence-electron chi connectivity index (χ1n) is 9.30. The first-order valence-corrected chi connectivity index (χ1v) is 9.68. The van der Waals surface area contributed by atoms with E-state index in [0.717, 1.165) is 12.8 Å². The minimum Gasteiger partial charge on any atom is -0.486 e. The molecule has 5 nitrogen and oxygen atoms in total. The lowest BCUT2D eigenvalue weighted by atomic mass is 10.1. The Morgan fingerprint density at radius 3 is 2.57 bits per heavy atom. The van der Waals surface area contributed by atoms with Crippen molar-refractivity contribution in [1.82, 2.24) is 0 Å². The molecule has 8 heteroatoms. The number of rotatable bonds is 9. The van der Waals surface area contributed by atoms with Crippen LogP contribution in [0, 0.1) is 0 Å². The van der Waals surface area contributed by atoms with Gasteiger partial charge in [0, 0.05) is 5.69 Å². The summed E-state index contributed by atoms with van der Waals surface area (Å²) in [7, 11) is 0. The molecule has 0 radical (unpaired) electrons. The van der Waals surface area contributed by atoms with Gasteiger partial charge in [-0.25, -0.2) is 0 Å². The zero-order chi connectivity index (χ0) is 21.5. The lowest BCUT2D eigenvalue weighted by molar-refractivity contribution is -0.0497. The maximum absolute atomic E-state index is 12.3. The van der Waals surface area contributed by atoms with Gasteiger partial charge in [0.25, 0.3) is 5.91 Å². The number of alkyl halides is 2. The van der Waals surface area contributed by atoms with Crippen molar-refractivity contribution < 1.29 is 27.5 Å². The molecule has 0 aliphatic carbocycles. The number of carbonyl (C=O) groups is 1. The minimum atomic E-state index is -2.99. The molecular weight excluding hydrogens is 416 g/mol. The number of carbonyl (C=O) groups excluding carboxylic acids is 1.